The van der Waals surface area contributed by atoms with Crippen molar-refractivity contribution in [1.29, 1.82) is 0 Å². The van der Waals surface area contributed by atoms with E-state index in [0.717, 1.165) is 99.3 Å². The lowest BCUT2D eigenvalue weighted by Gasteiger charge is -2.47. The van der Waals surface area contributed by atoms with E-state index in [9.17, 15) is 63.9 Å². The third-order valence-electron chi connectivity index (χ3n) is 24.4. The van der Waals surface area contributed by atoms with Crippen molar-refractivity contribution in [3.63, 3.8) is 0 Å². The number of allylic oxidation sites excluding steroid dienone is 6. The lowest BCUT2D eigenvalue weighted by Crippen LogP contribution is -2.64. The van der Waals surface area contributed by atoms with Crippen LogP contribution in [0.4, 0.5) is 9.59 Å². The number of thiocarbonyl (C=S) groups is 2. The molecule has 18 atom stereocenters. The van der Waals surface area contributed by atoms with Gasteiger partial charge in [-0.25, -0.2) is 24.0 Å². The van der Waals surface area contributed by atoms with Crippen molar-refractivity contribution < 1.29 is 111 Å². The van der Waals surface area contributed by atoms with E-state index in [-0.39, 0.29) is 156 Å². The van der Waals surface area contributed by atoms with Crippen LogP contribution >= 0.6 is 24.4 Å². The van der Waals surface area contributed by atoms with Crippen LogP contribution < -0.4 is 9.47 Å². The molecule has 26 heteroatoms. The molecule has 2 unspecified atom stereocenters. The Kier molecular flexibility index (Phi) is 34.2. The molecule has 24 nitrogen and oxygen atoms in total. The summed E-state index contributed by atoms with van der Waals surface area (Å²) in [4.78, 5) is 102. The van der Waals surface area contributed by atoms with E-state index in [2.05, 4.69) is 79.3 Å². The minimum atomic E-state index is -1.16. The van der Waals surface area contributed by atoms with Crippen molar-refractivity contribution in [2.24, 2.45) is 71.0 Å². The number of aliphatic carboxylic acids is 1. The number of esters is 2. The summed E-state index contributed by atoms with van der Waals surface area (Å²) in [5.41, 5.74) is 9.45. The first-order valence-corrected chi connectivity index (χ1v) is 42.0. The highest BCUT2D eigenvalue weighted by molar-refractivity contribution is 7.80. The first kappa shape index (κ1) is 94.7. The topological polar surface area (TPSA) is 333 Å². The number of aryl methyl sites for hydroxylation is 2. The number of Topliss-reactive ketones (excluding diaryl/α,β-unsaturated/α-hetero) is 2. The van der Waals surface area contributed by atoms with Crippen molar-refractivity contribution in [2.45, 2.75) is 196 Å². The lowest BCUT2D eigenvalue weighted by atomic mass is 9.59. The summed E-state index contributed by atoms with van der Waals surface area (Å²) >= 11 is 11.1. The van der Waals surface area contributed by atoms with Crippen LogP contribution in [0.25, 0.3) is 0 Å². The van der Waals surface area contributed by atoms with Gasteiger partial charge in [0.2, 0.25) is 5.91 Å². The van der Waals surface area contributed by atoms with Crippen molar-refractivity contribution in [1.82, 2.24) is 4.90 Å². The largest absolute Gasteiger partial charge is 0.508 e. The highest BCUT2D eigenvalue weighted by Gasteiger charge is 2.65. The quantitative estimate of drug-likeness (QED) is 0.0107. The van der Waals surface area contributed by atoms with Crippen molar-refractivity contribution in [2.75, 3.05) is 46.2 Å². The fraction of sp³-hybridized carbons (Fsp3) is 0.527. The molecule has 5 N–H and O–H groups in total. The number of carbonyl (C=O) groups excluding carboxylic acids is 7. The number of phenols is 2. The van der Waals surface area contributed by atoms with Gasteiger partial charge in [0.25, 0.3) is 0 Å². The second kappa shape index (κ2) is 43.0. The van der Waals surface area contributed by atoms with Crippen molar-refractivity contribution in [3.8, 4) is 23.0 Å². The summed E-state index contributed by atoms with van der Waals surface area (Å²) < 4.78 is 55.0. The summed E-state index contributed by atoms with van der Waals surface area (Å²) in [6.07, 6.45) is 17.3. The average molecular weight is 1680 g/mol. The maximum Gasteiger partial charge on any atom is 0.508 e. The summed E-state index contributed by atoms with van der Waals surface area (Å²) in [6, 6.07) is 7.07. The number of rotatable bonds is 35. The summed E-state index contributed by atoms with van der Waals surface area (Å²) in [5.74, 6) is -7.10. The maximum absolute atomic E-state index is 13.5. The number of carbonyl (C=O) groups is 8. The van der Waals surface area contributed by atoms with Gasteiger partial charge in [-0.1, -0.05) is 159 Å². The molecule has 2 saturated carbocycles. The van der Waals surface area contributed by atoms with Gasteiger partial charge in [-0.05, 0) is 187 Å². The Hall–Kier alpha value is -9.76. The number of fused-ring (bicyclic) bond motifs is 3. The third-order valence-corrected chi connectivity index (χ3v) is 24.9. The molecule has 119 heavy (non-hydrogen) atoms. The zero-order valence-electron chi connectivity index (χ0n) is 70.7. The van der Waals surface area contributed by atoms with Crippen LogP contribution in [0.2, 0.25) is 0 Å². The number of hydrogen-bond donors (Lipinski definition) is 5. The molecule has 2 aromatic carbocycles. The molecule has 2 aliphatic heterocycles. The zero-order chi connectivity index (χ0) is 87.7. The smallest absolute Gasteiger partial charge is 0.507 e. The SMILES string of the molecule is C=C(C)[C@@H]1CCC(C)=C[C@H]1c1c(O)cc(CCCCC)cc1OC(=S)OCC1=C(C(=O)O)C2C(=O)[C@H]([C@@H](C)O)[C@H]2[C@H]1C.C=CCOC(=O)O[C@H](C)[C@H]1C(=O)C2C(C(=O)OCC=C)=C(COC(=S)Oc3cc(CCCCC)cc(O)c3[C@@H]3C=C(C)CC[C@H]3C(=C)C)[C@H](C)[C@@H]21.C=CCOC(=O)O[C@H](C)[C@H]1C(=O)N2C(C(=O)OCC=C)=C(CO)[C@H](C)[C@H]12. The van der Waals surface area contributed by atoms with Crippen LogP contribution in [-0.2, 0) is 79.5 Å². The van der Waals surface area contributed by atoms with E-state index in [4.69, 9.17) is 71.8 Å². The first-order valence-electron chi connectivity index (χ1n) is 41.2. The molecule has 8 aliphatic rings. The minimum Gasteiger partial charge on any atom is -0.507 e. The van der Waals surface area contributed by atoms with Crippen LogP contribution in [0, 0.1) is 71.0 Å². The van der Waals surface area contributed by atoms with Crippen molar-refractivity contribution >= 4 is 82.6 Å². The Balaban J connectivity index is 0.000000234. The lowest BCUT2D eigenvalue weighted by molar-refractivity contribution is -0.165. The molecule has 1 amide bonds. The van der Waals surface area contributed by atoms with E-state index in [1.165, 1.54) is 40.4 Å². The van der Waals surface area contributed by atoms with E-state index >= 15 is 0 Å². The number of β-lactam (4-membered cyclic amide) rings is 1. The number of aliphatic hydroxyl groups is 2. The second-order valence-electron chi connectivity index (χ2n) is 32.4. The Morgan fingerprint density at radius 1 is 0.571 bits per heavy atom. The Labute approximate surface area is 709 Å². The van der Waals surface area contributed by atoms with Gasteiger partial charge in [0.1, 0.15) is 92.1 Å². The number of carboxylic acids is 1. The molecule has 2 heterocycles. The fourth-order valence-electron chi connectivity index (χ4n) is 18.6. The van der Waals surface area contributed by atoms with Gasteiger partial charge in [0.15, 0.2) is 0 Å². The predicted molar refractivity (Wildman–Crippen MR) is 456 cm³/mol. The molecule has 0 aromatic heterocycles. The molecular weight excluding hydrogens is 1560 g/mol. The number of aromatic hydroxyl groups is 2. The highest BCUT2D eigenvalue weighted by Crippen LogP contribution is 2.59. The Morgan fingerprint density at radius 3 is 1.40 bits per heavy atom. The van der Waals surface area contributed by atoms with Gasteiger partial charge < -0.3 is 77.8 Å². The monoisotopic (exact) mass is 1680 g/mol. The number of unbranched alkanes of at least 4 members (excludes halogenated alkanes) is 4. The van der Waals surface area contributed by atoms with Gasteiger partial charge in [0, 0.05) is 59.2 Å². The second-order valence-corrected chi connectivity index (χ2v) is 33.1. The first-order chi connectivity index (χ1) is 56.6. The predicted octanol–water partition coefficient (Wildman–Crippen LogP) is 16.5. The molecular formula is C93H119NO23S2. The van der Waals surface area contributed by atoms with Crippen LogP contribution in [0.1, 0.15) is 181 Å². The maximum atomic E-state index is 13.5. The molecule has 0 radical (unpaired) electrons. The van der Waals surface area contributed by atoms with Crippen molar-refractivity contribution in [3.05, 3.63) is 178 Å². The summed E-state index contributed by atoms with van der Waals surface area (Å²) in [6.45, 7) is 44.7. The number of benzene rings is 2. The standard InChI is InChI=1S/C41H52O9S.C34H44O7S.C18H23NO7/c1-9-12-13-14-27-20-31(42)35(29-19-24(6)15-16-28(29)23(4)5)32(21-27)50-41(51)48-22-30-25(7)33-34(26(8)49-40(45)47-18-11-3)38(43)37(33)36(30)39(44)46-17-10-2;1-7-8-9-10-21-14-25(36)29(23-13-18(4)11-12-22(23)17(2)3)26(15-21)41-34(42)40-16-24-19(5)27-28(20(6)35)32(37)31(27)30(24)33(38)39;1-5-7-24-17(22)15-12(9-20)10(3)14-13(16(21)19(14)15)11(4)26-18(23)25-8-6-2/h10-11,19-21,25-26,28-29,33-34,37,42H,2-4,9,12-18,22H2,1,5-8H3;13-15,19-20,22-23,27-28,31,35-36H,2,7-12,16H2,1,3-6H3,(H,38,39);5-6,10-11,13-14,20H,1-2,7-9H2,3-4H3/t25-,26+,28-,29+,33+,34+,37?;19-,20+,22-,23+,27+,28+,31?;10-,11+,13+,14+/m000/s1. The number of amides is 1. The number of phenolic OH excluding ortho intramolecular Hbond substituents is 2. The van der Waals surface area contributed by atoms with Gasteiger partial charge in [-0.3, -0.25) is 14.4 Å². The number of nitrogens with zero attached hydrogens (tertiary/aromatic N) is 1. The summed E-state index contributed by atoms with van der Waals surface area (Å²) in [7, 11) is 0. The molecule has 0 bridgehead atoms. The number of carboxylic acid groups (broad SMARTS) is 1. The minimum absolute atomic E-state index is 0.000205. The number of hydrogen-bond acceptors (Lipinski definition) is 24. The van der Waals surface area contributed by atoms with E-state index in [1.54, 1.807) is 27.7 Å². The van der Waals surface area contributed by atoms with Gasteiger partial charge in [0.05, 0.1) is 53.6 Å². The van der Waals surface area contributed by atoms with Crippen LogP contribution in [-0.4, -0.2) is 159 Å². The third kappa shape index (κ3) is 21.5. The van der Waals surface area contributed by atoms with Gasteiger partial charge in [-0.2, -0.15) is 0 Å². The van der Waals surface area contributed by atoms with Gasteiger partial charge in [-0.15, -0.1) is 0 Å². The number of ketones is 2. The van der Waals surface area contributed by atoms with E-state index in [0.29, 0.717) is 39.3 Å². The highest BCUT2D eigenvalue weighted by atomic mass is 32.1. The molecule has 646 valence electrons. The molecule has 1 saturated heterocycles. The molecule has 6 aliphatic carbocycles. The number of aliphatic hydroxyl groups excluding tert-OH is 2. The molecule has 2 aromatic rings. The Bertz CT molecular complexity index is 4420. The van der Waals surface area contributed by atoms with Gasteiger partial charge >= 0.3 is 40.7 Å². The average Bonchev–Trinajstić information content (AvgIpc) is 1.56. The van der Waals surface area contributed by atoms with Crippen LogP contribution in [0.5, 0.6) is 23.0 Å². The fourth-order valence-corrected chi connectivity index (χ4v) is 18.9. The molecule has 3 fully saturated rings. The zero-order valence-corrected chi connectivity index (χ0v) is 72.3. The molecule has 10 rings (SSSR count). The van der Waals surface area contributed by atoms with Crippen LogP contribution in [0.3, 0.4) is 0 Å². The Morgan fingerprint density at radius 2 is 0.983 bits per heavy atom. The van der Waals surface area contributed by atoms with E-state index < -0.39 is 84.2 Å². The number of ether oxygens (including phenoxy) is 10. The van der Waals surface area contributed by atoms with Crippen LogP contribution in [0.15, 0.2) is 156 Å². The van der Waals surface area contributed by atoms with E-state index in [1.807, 2.05) is 52.0 Å². The molecule has 0 spiro atoms. The summed E-state index contributed by atoms with van der Waals surface area (Å²) in [5, 5.41) is 52.2. The normalized spacial score (nSPS) is 25.6.